The molecule has 21 heavy (non-hydrogen) atoms. The number of hydrogen-bond acceptors (Lipinski definition) is 3. The fraction of sp³-hybridized carbons (Fsp3) is 0.647. The first-order valence-corrected chi connectivity index (χ1v) is 8.05. The molecule has 2 aliphatic rings. The van der Waals surface area contributed by atoms with Crippen LogP contribution in [-0.4, -0.2) is 41.0 Å². The summed E-state index contributed by atoms with van der Waals surface area (Å²) >= 11 is 0. The predicted molar refractivity (Wildman–Crippen MR) is 83.0 cm³/mol. The number of rotatable bonds is 4. The first-order chi connectivity index (χ1) is 10.1. The van der Waals surface area contributed by atoms with E-state index in [9.17, 15) is 4.79 Å². The van der Waals surface area contributed by atoms with E-state index in [1.54, 1.807) is 6.20 Å². The van der Waals surface area contributed by atoms with Crippen LogP contribution in [0.2, 0.25) is 0 Å². The van der Waals surface area contributed by atoms with Crippen molar-refractivity contribution in [3.63, 3.8) is 0 Å². The Kier molecular flexibility index (Phi) is 4.24. The summed E-state index contributed by atoms with van der Waals surface area (Å²) in [5.74, 6) is 0.491. The molecule has 3 unspecified atom stereocenters. The molecule has 3 rings (SSSR count). The quantitative estimate of drug-likeness (QED) is 0.924. The van der Waals surface area contributed by atoms with Gasteiger partial charge >= 0.3 is 0 Å². The van der Waals surface area contributed by atoms with Gasteiger partial charge in [-0.05, 0) is 43.2 Å². The molecule has 2 aliphatic heterocycles. The maximum absolute atomic E-state index is 12.5. The zero-order valence-corrected chi connectivity index (χ0v) is 13.0. The lowest BCUT2D eigenvalue weighted by Gasteiger charge is -2.36. The Bertz CT molecular complexity index is 478. The molecule has 1 N–H and O–H groups in total. The molecule has 3 atom stereocenters. The minimum absolute atomic E-state index is 0.229. The number of fused-ring (bicyclic) bond motifs is 2. The molecule has 4 heteroatoms. The van der Waals surface area contributed by atoms with E-state index in [1.807, 2.05) is 24.2 Å². The number of hydrogen-bond donors (Lipinski definition) is 1. The zero-order valence-electron chi connectivity index (χ0n) is 13.0. The fourth-order valence-corrected chi connectivity index (χ4v) is 3.74. The topological polar surface area (TPSA) is 45.2 Å². The van der Waals surface area contributed by atoms with Gasteiger partial charge in [0, 0.05) is 44.0 Å². The largest absolute Gasteiger partial charge is 0.343 e. The second-order valence-corrected chi connectivity index (χ2v) is 6.66. The third-order valence-electron chi connectivity index (χ3n) is 5.12. The Labute approximate surface area is 126 Å². The van der Waals surface area contributed by atoms with Crippen LogP contribution in [0.15, 0.2) is 24.5 Å². The minimum atomic E-state index is 0.229. The summed E-state index contributed by atoms with van der Waals surface area (Å²) in [6.07, 6.45) is 8.98. The summed E-state index contributed by atoms with van der Waals surface area (Å²) in [6, 6.07) is 5.65. The number of pyridine rings is 1. The standard InChI is InChI=1S/C17H25N3O/c1-12(13-4-3-7-18-11-13)8-17(21)20(2)16-9-14-5-6-15(10-16)19-14/h3-4,7,11-12,14-16,19H,5-6,8-10H2,1-2H3. The van der Waals surface area contributed by atoms with Crippen LogP contribution in [0, 0.1) is 0 Å². The first-order valence-electron chi connectivity index (χ1n) is 8.05. The Morgan fingerprint density at radius 3 is 2.76 bits per heavy atom. The van der Waals surface area contributed by atoms with Gasteiger partial charge in [-0.2, -0.15) is 0 Å². The molecule has 0 saturated carbocycles. The maximum atomic E-state index is 12.5. The highest BCUT2D eigenvalue weighted by atomic mass is 16.2. The van der Waals surface area contributed by atoms with Gasteiger partial charge in [0.05, 0.1) is 0 Å². The fourth-order valence-electron chi connectivity index (χ4n) is 3.74. The van der Waals surface area contributed by atoms with Gasteiger partial charge in [-0.25, -0.2) is 0 Å². The SMILES string of the molecule is CC(CC(=O)N(C)C1CC2CCC(C1)N2)c1cccnc1. The van der Waals surface area contributed by atoms with E-state index in [0.717, 1.165) is 18.4 Å². The van der Waals surface area contributed by atoms with Gasteiger partial charge in [0.25, 0.3) is 0 Å². The van der Waals surface area contributed by atoms with Crippen LogP contribution < -0.4 is 5.32 Å². The molecule has 2 bridgehead atoms. The van der Waals surface area contributed by atoms with E-state index in [4.69, 9.17) is 0 Å². The molecule has 2 fully saturated rings. The summed E-state index contributed by atoms with van der Waals surface area (Å²) in [6.45, 7) is 2.11. The predicted octanol–water partition coefficient (Wildman–Crippen LogP) is 2.32. The summed E-state index contributed by atoms with van der Waals surface area (Å²) in [5.41, 5.74) is 1.14. The average Bonchev–Trinajstić information content (AvgIpc) is 2.85. The van der Waals surface area contributed by atoms with Crippen LogP contribution in [0.25, 0.3) is 0 Å². The Balaban J connectivity index is 1.57. The number of piperidine rings is 1. The number of amides is 1. The van der Waals surface area contributed by atoms with E-state index in [2.05, 4.69) is 23.3 Å². The van der Waals surface area contributed by atoms with Crippen molar-refractivity contribution in [1.29, 1.82) is 0 Å². The van der Waals surface area contributed by atoms with E-state index in [1.165, 1.54) is 12.8 Å². The third-order valence-corrected chi connectivity index (χ3v) is 5.12. The van der Waals surface area contributed by atoms with Gasteiger partial charge in [0.1, 0.15) is 0 Å². The molecule has 0 spiro atoms. The lowest BCUT2D eigenvalue weighted by atomic mass is 9.95. The highest BCUT2D eigenvalue weighted by Gasteiger charge is 2.36. The number of carbonyl (C=O) groups is 1. The molecule has 2 saturated heterocycles. The maximum Gasteiger partial charge on any atom is 0.223 e. The van der Waals surface area contributed by atoms with Crippen LogP contribution in [0.5, 0.6) is 0 Å². The smallest absolute Gasteiger partial charge is 0.223 e. The van der Waals surface area contributed by atoms with Crippen LogP contribution in [0.3, 0.4) is 0 Å². The molecule has 0 aromatic carbocycles. The molecule has 1 aromatic rings. The average molecular weight is 287 g/mol. The van der Waals surface area contributed by atoms with Crippen molar-refractivity contribution in [1.82, 2.24) is 15.2 Å². The van der Waals surface area contributed by atoms with Crippen molar-refractivity contribution < 1.29 is 4.79 Å². The van der Waals surface area contributed by atoms with Crippen molar-refractivity contribution >= 4 is 5.91 Å². The van der Waals surface area contributed by atoms with Gasteiger partial charge in [0.2, 0.25) is 5.91 Å². The zero-order chi connectivity index (χ0) is 14.8. The minimum Gasteiger partial charge on any atom is -0.343 e. The van der Waals surface area contributed by atoms with Crippen LogP contribution in [-0.2, 0) is 4.79 Å². The molecule has 1 aromatic heterocycles. The van der Waals surface area contributed by atoms with E-state index >= 15 is 0 Å². The molecular formula is C17H25N3O. The second-order valence-electron chi connectivity index (χ2n) is 6.66. The molecule has 4 nitrogen and oxygen atoms in total. The van der Waals surface area contributed by atoms with Crippen LogP contribution in [0.4, 0.5) is 0 Å². The molecule has 0 radical (unpaired) electrons. The van der Waals surface area contributed by atoms with E-state index in [0.29, 0.717) is 24.5 Å². The van der Waals surface area contributed by atoms with Crippen molar-refractivity contribution in [2.75, 3.05) is 7.05 Å². The van der Waals surface area contributed by atoms with Crippen molar-refractivity contribution in [3.8, 4) is 0 Å². The monoisotopic (exact) mass is 287 g/mol. The molecule has 3 heterocycles. The lowest BCUT2D eigenvalue weighted by Crippen LogP contribution is -2.48. The summed E-state index contributed by atoms with van der Waals surface area (Å²) in [4.78, 5) is 18.7. The second kappa shape index (κ2) is 6.14. The highest BCUT2D eigenvalue weighted by molar-refractivity contribution is 5.77. The Hall–Kier alpha value is -1.42. The Morgan fingerprint density at radius 2 is 2.14 bits per heavy atom. The van der Waals surface area contributed by atoms with Gasteiger partial charge in [0.15, 0.2) is 0 Å². The van der Waals surface area contributed by atoms with Gasteiger partial charge in [-0.1, -0.05) is 13.0 Å². The third kappa shape index (κ3) is 3.26. The van der Waals surface area contributed by atoms with Crippen molar-refractivity contribution in [2.24, 2.45) is 0 Å². The summed E-state index contributed by atoms with van der Waals surface area (Å²) in [7, 11) is 1.98. The van der Waals surface area contributed by atoms with E-state index < -0.39 is 0 Å². The lowest BCUT2D eigenvalue weighted by molar-refractivity contribution is -0.133. The van der Waals surface area contributed by atoms with Gasteiger partial charge in [-0.15, -0.1) is 0 Å². The number of nitrogens with zero attached hydrogens (tertiary/aromatic N) is 2. The number of nitrogens with one attached hydrogen (secondary N) is 1. The normalized spacial score (nSPS) is 29.1. The molecule has 1 amide bonds. The van der Waals surface area contributed by atoms with Crippen molar-refractivity contribution in [3.05, 3.63) is 30.1 Å². The summed E-state index contributed by atoms with van der Waals surface area (Å²) in [5, 5.41) is 3.63. The van der Waals surface area contributed by atoms with Crippen LogP contribution >= 0.6 is 0 Å². The first kappa shape index (κ1) is 14.5. The van der Waals surface area contributed by atoms with Crippen molar-refractivity contribution in [2.45, 2.75) is 63.1 Å². The van der Waals surface area contributed by atoms with Crippen LogP contribution in [0.1, 0.15) is 50.5 Å². The number of carbonyl (C=O) groups excluding carboxylic acids is 1. The Morgan fingerprint density at radius 1 is 1.43 bits per heavy atom. The number of aromatic nitrogens is 1. The van der Waals surface area contributed by atoms with E-state index in [-0.39, 0.29) is 11.8 Å². The highest BCUT2D eigenvalue weighted by Crippen LogP contribution is 2.30. The molecule has 114 valence electrons. The van der Waals surface area contributed by atoms with Gasteiger partial charge < -0.3 is 10.2 Å². The molecule has 0 aliphatic carbocycles. The summed E-state index contributed by atoms with van der Waals surface area (Å²) < 4.78 is 0. The van der Waals surface area contributed by atoms with Gasteiger partial charge in [-0.3, -0.25) is 9.78 Å². The molecular weight excluding hydrogens is 262 g/mol.